The van der Waals surface area contributed by atoms with Crippen molar-refractivity contribution in [3.63, 3.8) is 0 Å². The molecule has 8 heteroatoms. The molecule has 3 aromatic carbocycles. The van der Waals surface area contributed by atoms with Gasteiger partial charge in [0.15, 0.2) is 5.82 Å². The largest absolute Gasteiger partial charge is 0.507 e. The highest BCUT2D eigenvalue weighted by Gasteiger charge is 2.35. The molecule has 0 spiro atoms. The second-order valence-corrected chi connectivity index (χ2v) is 11.2. The van der Waals surface area contributed by atoms with Gasteiger partial charge in [0.1, 0.15) is 17.2 Å². The molecule has 5 rings (SSSR count). The van der Waals surface area contributed by atoms with E-state index in [0.29, 0.717) is 44.2 Å². The van der Waals surface area contributed by atoms with Crippen LogP contribution in [0.2, 0.25) is 0 Å². The Morgan fingerprint density at radius 2 is 1.75 bits per heavy atom. The molecule has 2 heterocycles. The van der Waals surface area contributed by atoms with Gasteiger partial charge in [0.2, 0.25) is 0 Å². The first-order chi connectivity index (χ1) is 19.2. The van der Waals surface area contributed by atoms with Crippen molar-refractivity contribution < 1.29 is 19.4 Å². The number of aromatic nitrogens is 2. The Hall–Kier alpha value is -4.17. The summed E-state index contributed by atoms with van der Waals surface area (Å²) >= 11 is 0. The van der Waals surface area contributed by atoms with Crippen LogP contribution in [0.15, 0.2) is 72.8 Å². The van der Waals surface area contributed by atoms with Gasteiger partial charge in [0, 0.05) is 25.0 Å². The number of anilines is 1. The van der Waals surface area contributed by atoms with Crippen LogP contribution in [0, 0.1) is 6.92 Å². The lowest BCUT2D eigenvalue weighted by atomic mass is 10.1. The summed E-state index contributed by atoms with van der Waals surface area (Å²) in [5.74, 6) is 1.35. The first kappa shape index (κ1) is 27.4. The quantitative estimate of drug-likeness (QED) is 0.323. The van der Waals surface area contributed by atoms with Gasteiger partial charge in [-0.15, -0.1) is 0 Å². The Morgan fingerprint density at radius 3 is 2.50 bits per heavy atom. The molecule has 1 aliphatic heterocycles. The Kier molecular flexibility index (Phi) is 7.89. The second kappa shape index (κ2) is 11.5. The maximum absolute atomic E-state index is 13.2. The Labute approximate surface area is 235 Å². The minimum atomic E-state index is -0.600. The Balaban J connectivity index is 1.47. The van der Waals surface area contributed by atoms with Gasteiger partial charge in [0.25, 0.3) is 0 Å². The molecule has 40 heavy (non-hydrogen) atoms. The van der Waals surface area contributed by atoms with Gasteiger partial charge >= 0.3 is 6.09 Å². The fraction of sp³-hybridized carbons (Fsp3) is 0.344. The molecule has 1 atom stereocenters. The maximum atomic E-state index is 13.2. The Morgan fingerprint density at radius 1 is 1.00 bits per heavy atom. The number of nitrogens with zero attached hydrogens (tertiary/aromatic N) is 4. The summed E-state index contributed by atoms with van der Waals surface area (Å²) in [7, 11) is 0. The number of aromatic hydroxyl groups is 1. The van der Waals surface area contributed by atoms with Crippen LogP contribution >= 0.6 is 0 Å². The summed E-state index contributed by atoms with van der Waals surface area (Å²) in [5, 5.41) is 11.5. The number of amides is 1. The normalized spacial score (nSPS) is 15.8. The van der Waals surface area contributed by atoms with Crippen LogP contribution in [0.4, 0.5) is 10.6 Å². The number of carbonyl (C=O) groups excluding carboxylic acids is 1. The molecule has 1 unspecified atom stereocenters. The van der Waals surface area contributed by atoms with E-state index < -0.39 is 5.60 Å². The monoisotopic (exact) mass is 540 g/mol. The average molecular weight is 541 g/mol. The van der Waals surface area contributed by atoms with Crippen molar-refractivity contribution in [2.45, 2.75) is 45.9 Å². The molecule has 0 aliphatic carbocycles. The lowest BCUT2D eigenvalue weighted by Gasteiger charge is -2.42. The number of benzene rings is 3. The van der Waals surface area contributed by atoms with Crippen LogP contribution in [0.3, 0.4) is 0 Å². The molecule has 1 amide bonds. The molecule has 0 saturated carbocycles. The number of rotatable bonds is 6. The fourth-order valence-electron chi connectivity index (χ4n) is 4.89. The zero-order chi connectivity index (χ0) is 28.3. The number of phenolic OH excluding ortho intramolecular Hbond substituents is 1. The number of piperazine rings is 1. The van der Waals surface area contributed by atoms with E-state index in [4.69, 9.17) is 19.4 Å². The van der Waals surface area contributed by atoms with Crippen molar-refractivity contribution in [3.05, 3.63) is 83.9 Å². The van der Waals surface area contributed by atoms with Crippen LogP contribution in [0.1, 0.15) is 31.9 Å². The van der Waals surface area contributed by atoms with Crippen LogP contribution < -0.4 is 4.90 Å². The van der Waals surface area contributed by atoms with Gasteiger partial charge in [-0.25, -0.2) is 14.8 Å². The molecule has 1 N–H and O–H groups in total. The van der Waals surface area contributed by atoms with Gasteiger partial charge in [0.05, 0.1) is 30.3 Å². The molecule has 4 aromatic rings. The molecule has 1 fully saturated rings. The van der Waals surface area contributed by atoms with Gasteiger partial charge in [-0.2, -0.15) is 0 Å². The molecule has 1 aromatic heterocycles. The SMILES string of the molecule is Cc1ccc2c(N3CCN(C(=O)OC(C)(C)C)C(COCc4ccccc4)C3)nc(-c3ccccc3O)nc2c1. The predicted molar refractivity (Wildman–Crippen MR) is 156 cm³/mol. The highest BCUT2D eigenvalue weighted by Crippen LogP contribution is 2.33. The zero-order valence-corrected chi connectivity index (χ0v) is 23.5. The number of phenols is 1. The molecule has 1 saturated heterocycles. The number of hydrogen-bond acceptors (Lipinski definition) is 7. The summed E-state index contributed by atoms with van der Waals surface area (Å²) in [5.41, 5.74) is 2.93. The van der Waals surface area contributed by atoms with Crippen LogP contribution in [0.25, 0.3) is 22.3 Å². The third kappa shape index (κ3) is 6.34. The van der Waals surface area contributed by atoms with E-state index in [2.05, 4.69) is 4.90 Å². The fourth-order valence-corrected chi connectivity index (χ4v) is 4.89. The van der Waals surface area contributed by atoms with Crippen LogP contribution in [0.5, 0.6) is 5.75 Å². The number of ether oxygens (including phenoxy) is 2. The molecular weight excluding hydrogens is 504 g/mol. The second-order valence-electron chi connectivity index (χ2n) is 11.2. The first-order valence-corrected chi connectivity index (χ1v) is 13.6. The summed E-state index contributed by atoms with van der Waals surface area (Å²) in [6.45, 7) is 9.97. The van der Waals surface area contributed by atoms with Crippen LogP contribution in [-0.4, -0.2) is 64.0 Å². The molecule has 208 valence electrons. The minimum Gasteiger partial charge on any atom is -0.507 e. The van der Waals surface area contributed by atoms with Crippen molar-refractivity contribution in [1.82, 2.24) is 14.9 Å². The highest BCUT2D eigenvalue weighted by atomic mass is 16.6. The summed E-state index contributed by atoms with van der Waals surface area (Å²) in [6, 6.07) is 22.9. The van der Waals surface area contributed by atoms with E-state index in [9.17, 15) is 9.90 Å². The summed E-state index contributed by atoms with van der Waals surface area (Å²) in [4.78, 5) is 26.9. The highest BCUT2D eigenvalue weighted by molar-refractivity contribution is 5.92. The van der Waals surface area contributed by atoms with Gasteiger partial charge in [-0.1, -0.05) is 48.5 Å². The Bertz CT molecular complexity index is 1490. The minimum absolute atomic E-state index is 0.127. The standard InChI is InChI=1S/C32H36N4O4/c1-22-14-15-25-27(18-22)33-29(26-12-8-9-13-28(26)37)34-30(25)35-16-17-36(31(38)40-32(2,3)4)24(19-35)21-39-20-23-10-6-5-7-11-23/h5-15,18,24,37H,16-17,19-21H2,1-4H3. The van der Waals surface area contributed by atoms with Crippen molar-refractivity contribution >= 4 is 22.8 Å². The maximum Gasteiger partial charge on any atom is 0.410 e. The number of para-hydroxylation sites is 1. The van der Waals surface area contributed by atoms with E-state index in [0.717, 1.165) is 27.8 Å². The van der Waals surface area contributed by atoms with E-state index >= 15 is 0 Å². The summed E-state index contributed by atoms with van der Waals surface area (Å²) < 4.78 is 11.9. The molecule has 1 aliphatic rings. The smallest absolute Gasteiger partial charge is 0.410 e. The van der Waals surface area contributed by atoms with Gasteiger partial charge in [-0.3, -0.25) is 4.90 Å². The average Bonchev–Trinajstić information content (AvgIpc) is 2.92. The first-order valence-electron chi connectivity index (χ1n) is 13.6. The topological polar surface area (TPSA) is 88.0 Å². The van der Waals surface area contributed by atoms with E-state index in [-0.39, 0.29) is 17.9 Å². The van der Waals surface area contributed by atoms with Gasteiger partial charge in [-0.05, 0) is 63.1 Å². The van der Waals surface area contributed by atoms with E-state index in [1.165, 1.54) is 0 Å². The van der Waals surface area contributed by atoms with Gasteiger partial charge < -0.3 is 19.5 Å². The molecular formula is C32H36N4O4. The molecule has 8 nitrogen and oxygen atoms in total. The van der Waals surface area contributed by atoms with Crippen LogP contribution in [-0.2, 0) is 16.1 Å². The predicted octanol–water partition coefficient (Wildman–Crippen LogP) is 5.95. The van der Waals surface area contributed by atoms with E-state index in [1.807, 2.05) is 88.4 Å². The van der Waals surface area contributed by atoms with Crippen molar-refractivity contribution in [2.75, 3.05) is 31.1 Å². The third-order valence-corrected chi connectivity index (χ3v) is 6.81. The van der Waals surface area contributed by atoms with Crippen molar-refractivity contribution in [2.24, 2.45) is 0 Å². The third-order valence-electron chi connectivity index (χ3n) is 6.81. The van der Waals surface area contributed by atoms with E-state index in [1.54, 1.807) is 17.0 Å². The number of hydrogen-bond donors (Lipinski definition) is 1. The number of aryl methyl sites for hydroxylation is 1. The zero-order valence-electron chi connectivity index (χ0n) is 23.5. The number of carbonyl (C=O) groups is 1. The van der Waals surface area contributed by atoms with Crippen molar-refractivity contribution in [3.8, 4) is 17.1 Å². The number of fused-ring (bicyclic) bond motifs is 1. The molecule has 0 radical (unpaired) electrons. The molecule has 0 bridgehead atoms. The lowest BCUT2D eigenvalue weighted by molar-refractivity contribution is -0.00373. The van der Waals surface area contributed by atoms with Crippen molar-refractivity contribution in [1.29, 1.82) is 0 Å². The summed E-state index contributed by atoms with van der Waals surface area (Å²) in [6.07, 6.45) is -0.349. The lowest BCUT2D eigenvalue weighted by Crippen LogP contribution is -2.58.